The fourth-order valence-electron chi connectivity index (χ4n) is 2.43. The molecule has 0 bridgehead atoms. The molecule has 0 saturated heterocycles. The maximum atomic E-state index is 11.9. The molecule has 0 spiro atoms. The highest BCUT2D eigenvalue weighted by Gasteiger charge is 2.20. The number of rotatable bonds is 6. The minimum atomic E-state index is -0.296. The van der Waals surface area contributed by atoms with Crippen LogP contribution in [-0.4, -0.2) is 43.4 Å². The van der Waals surface area contributed by atoms with Crippen LogP contribution in [0.15, 0.2) is 42.6 Å². The molecule has 134 valence electrons. The van der Waals surface area contributed by atoms with Crippen LogP contribution in [0.25, 0.3) is 0 Å². The number of carbonyl (C=O) groups is 1. The number of pyridine rings is 1. The van der Waals surface area contributed by atoms with E-state index in [2.05, 4.69) is 27.0 Å². The third-order valence-electron chi connectivity index (χ3n) is 3.69. The van der Waals surface area contributed by atoms with Crippen LogP contribution < -0.4 is 25.4 Å². The van der Waals surface area contributed by atoms with Gasteiger partial charge in [0.1, 0.15) is 18.5 Å². The molecule has 0 radical (unpaired) electrons. The topological polar surface area (TPSA) is 108 Å². The number of carbonyl (C=O) groups excluding carboxylic acids is 1. The number of hydrogen-bond acceptors (Lipinski definition) is 6. The summed E-state index contributed by atoms with van der Waals surface area (Å²) in [6.45, 7) is 1.57. The molecule has 3 N–H and O–H groups in total. The van der Waals surface area contributed by atoms with Gasteiger partial charge in [0.05, 0.1) is 12.1 Å². The van der Waals surface area contributed by atoms with Crippen molar-refractivity contribution < 1.29 is 14.3 Å². The number of urea groups is 1. The van der Waals surface area contributed by atoms with Gasteiger partial charge < -0.3 is 25.4 Å². The molecule has 1 aromatic heterocycles. The molecular formula is C18H19N5O3. The molecular weight excluding hydrogens is 334 g/mol. The Morgan fingerprint density at radius 3 is 2.88 bits per heavy atom. The smallest absolute Gasteiger partial charge is 0.314 e. The van der Waals surface area contributed by atoms with Gasteiger partial charge in [-0.3, -0.25) is 0 Å². The Hall–Kier alpha value is -3.47. The molecule has 0 fully saturated rings. The van der Waals surface area contributed by atoms with E-state index in [1.807, 2.05) is 24.3 Å². The van der Waals surface area contributed by atoms with Crippen molar-refractivity contribution in [2.75, 3.05) is 31.6 Å². The summed E-state index contributed by atoms with van der Waals surface area (Å²) in [6, 6.07) is 12.6. The Morgan fingerprint density at radius 1 is 1.19 bits per heavy atom. The first-order chi connectivity index (χ1) is 12.8. The van der Waals surface area contributed by atoms with Gasteiger partial charge in [-0.05, 0) is 24.3 Å². The zero-order valence-electron chi connectivity index (χ0n) is 14.1. The molecule has 1 aliphatic heterocycles. The zero-order chi connectivity index (χ0) is 18.2. The SMILES string of the molecule is N#Cc1cccnc1NCCNC(=O)NCC1COc2ccccc2O1. The Morgan fingerprint density at radius 2 is 2.04 bits per heavy atom. The number of para-hydroxylation sites is 2. The second-order valence-corrected chi connectivity index (χ2v) is 5.57. The fourth-order valence-corrected chi connectivity index (χ4v) is 2.43. The van der Waals surface area contributed by atoms with Crippen molar-refractivity contribution in [3.63, 3.8) is 0 Å². The summed E-state index contributed by atoms with van der Waals surface area (Å²) >= 11 is 0. The van der Waals surface area contributed by atoms with Crippen LogP contribution in [0.3, 0.4) is 0 Å². The Labute approximate surface area is 151 Å². The van der Waals surface area contributed by atoms with Crippen LogP contribution in [0.4, 0.5) is 10.6 Å². The Balaban J connectivity index is 1.34. The molecule has 1 atom stereocenters. The minimum Gasteiger partial charge on any atom is -0.486 e. The molecule has 8 heteroatoms. The van der Waals surface area contributed by atoms with Crippen molar-refractivity contribution in [1.82, 2.24) is 15.6 Å². The third kappa shape index (κ3) is 4.54. The van der Waals surface area contributed by atoms with Crippen molar-refractivity contribution in [2.24, 2.45) is 0 Å². The van der Waals surface area contributed by atoms with Gasteiger partial charge in [0.2, 0.25) is 0 Å². The van der Waals surface area contributed by atoms with Crippen molar-refractivity contribution in [2.45, 2.75) is 6.10 Å². The summed E-state index contributed by atoms with van der Waals surface area (Å²) < 4.78 is 11.4. The summed E-state index contributed by atoms with van der Waals surface area (Å²) in [4.78, 5) is 15.9. The number of fused-ring (bicyclic) bond motifs is 1. The lowest BCUT2D eigenvalue weighted by molar-refractivity contribution is 0.0918. The van der Waals surface area contributed by atoms with Crippen molar-refractivity contribution in [3.05, 3.63) is 48.2 Å². The van der Waals surface area contributed by atoms with Gasteiger partial charge in [-0.1, -0.05) is 12.1 Å². The van der Waals surface area contributed by atoms with Gasteiger partial charge in [0.15, 0.2) is 17.6 Å². The number of hydrogen-bond donors (Lipinski definition) is 3. The van der Waals surface area contributed by atoms with E-state index in [0.29, 0.717) is 49.1 Å². The summed E-state index contributed by atoms with van der Waals surface area (Å²) in [5, 5.41) is 17.5. The predicted octanol–water partition coefficient (Wildman–Crippen LogP) is 1.50. The molecule has 0 saturated carbocycles. The first kappa shape index (κ1) is 17.4. The van der Waals surface area contributed by atoms with Gasteiger partial charge in [0.25, 0.3) is 0 Å². The highest BCUT2D eigenvalue weighted by Crippen LogP contribution is 2.30. The van der Waals surface area contributed by atoms with E-state index in [9.17, 15) is 4.79 Å². The molecule has 1 unspecified atom stereocenters. The number of amides is 2. The van der Waals surface area contributed by atoms with Gasteiger partial charge in [0, 0.05) is 19.3 Å². The maximum absolute atomic E-state index is 11.9. The minimum absolute atomic E-state index is 0.236. The second kappa shape index (κ2) is 8.58. The molecule has 2 aromatic rings. The highest BCUT2D eigenvalue weighted by molar-refractivity contribution is 5.73. The normalized spacial score (nSPS) is 14.8. The molecule has 26 heavy (non-hydrogen) atoms. The van der Waals surface area contributed by atoms with Crippen LogP contribution in [0.1, 0.15) is 5.56 Å². The monoisotopic (exact) mass is 353 g/mol. The van der Waals surface area contributed by atoms with Crippen LogP contribution in [0.5, 0.6) is 11.5 Å². The number of nitriles is 1. The molecule has 0 aliphatic carbocycles. The quantitative estimate of drug-likeness (QED) is 0.679. The maximum Gasteiger partial charge on any atom is 0.314 e. The molecule has 8 nitrogen and oxygen atoms in total. The average molecular weight is 353 g/mol. The van der Waals surface area contributed by atoms with E-state index >= 15 is 0 Å². The summed E-state index contributed by atoms with van der Waals surface area (Å²) in [7, 11) is 0. The molecule has 1 aliphatic rings. The largest absolute Gasteiger partial charge is 0.486 e. The lowest BCUT2D eigenvalue weighted by Gasteiger charge is -2.26. The van der Waals surface area contributed by atoms with Gasteiger partial charge in [-0.15, -0.1) is 0 Å². The molecule has 1 aromatic carbocycles. The molecule has 2 amide bonds. The van der Waals surface area contributed by atoms with Crippen LogP contribution >= 0.6 is 0 Å². The fraction of sp³-hybridized carbons (Fsp3) is 0.278. The molecule has 3 rings (SSSR count). The highest BCUT2D eigenvalue weighted by atomic mass is 16.6. The average Bonchev–Trinajstić information content (AvgIpc) is 2.69. The first-order valence-electron chi connectivity index (χ1n) is 8.25. The summed E-state index contributed by atoms with van der Waals surface area (Å²) in [5.41, 5.74) is 0.465. The number of nitrogens with zero attached hydrogens (tertiary/aromatic N) is 2. The van der Waals surface area contributed by atoms with E-state index < -0.39 is 0 Å². The summed E-state index contributed by atoms with van der Waals surface area (Å²) in [5.74, 6) is 1.90. The van der Waals surface area contributed by atoms with Gasteiger partial charge >= 0.3 is 6.03 Å². The van der Waals surface area contributed by atoms with E-state index in [4.69, 9.17) is 14.7 Å². The zero-order valence-corrected chi connectivity index (χ0v) is 14.1. The summed E-state index contributed by atoms with van der Waals surface area (Å²) in [6.07, 6.45) is 1.37. The van der Waals surface area contributed by atoms with Crippen molar-refractivity contribution in [1.29, 1.82) is 5.26 Å². The first-order valence-corrected chi connectivity index (χ1v) is 8.25. The molecule has 2 heterocycles. The van der Waals surface area contributed by atoms with E-state index in [1.165, 1.54) is 0 Å². The predicted molar refractivity (Wildman–Crippen MR) is 95.2 cm³/mol. The number of aromatic nitrogens is 1. The van der Waals surface area contributed by atoms with Crippen LogP contribution in [0.2, 0.25) is 0 Å². The Bertz CT molecular complexity index is 805. The van der Waals surface area contributed by atoms with Gasteiger partial charge in [-0.25, -0.2) is 9.78 Å². The standard InChI is InChI=1S/C18H19N5O3/c19-10-13-4-3-7-20-17(13)21-8-9-22-18(24)23-11-14-12-25-15-5-1-2-6-16(15)26-14/h1-7,14H,8-9,11-12H2,(H,20,21)(H2,22,23,24). The van der Waals surface area contributed by atoms with Crippen LogP contribution in [0, 0.1) is 11.3 Å². The van der Waals surface area contributed by atoms with Crippen molar-refractivity contribution >= 4 is 11.8 Å². The number of benzene rings is 1. The number of ether oxygens (including phenoxy) is 2. The number of anilines is 1. The van der Waals surface area contributed by atoms with E-state index in [0.717, 1.165) is 0 Å². The van der Waals surface area contributed by atoms with Gasteiger partial charge in [-0.2, -0.15) is 5.26 Å². The second-order valence-electron chi connectivity index (χ2n) is 5.57. The Kier molecular flexibility index (Phi) is 5.72. The third-order valence-corrected chi connectivity index (χ3v) is 3.69. The number of nitrogens with one attached hydrogen (secondary N) is 3. The van der Waals surface area contributed by atoms with E-state index in [-0.39, 0.29) is 12.1 Å². The lowest BCUT2D eigenvalue weighted by atomic mass is 10.2. The van der Waals surface area contributed by atoms with E-state index in [1.54, 1.807) is 18.3 Å². The van der Waals surface area contributed by atoms with Crippen molar-refractivity contribution in [3.8, 4) is 17.6 Å². The van der Waals surface area contributed by atoms with Crippen LogP contribution in [-0.2, 0) is 0 Å². The lowest BCUT2D eigenvalue weighted by Crippen LogP contribution is -2.45.